The van der Waals surface area contributed by atoms with E-state index in [4.69, 9.17) is 9.97 Å². The summed E-state index contributed by atoms with van der Waals surface area (Å²) in [4.78, 5) is 13.9. The van der Waals surface area contributed by atoms with E-state index in [9.17, 15) is 0 Å². The number of nitrogens with one attached hydrogen (secondary N) is 1. The van der Waals surface area contributed by atoms with Crippen molar-refractivity contribution in [2.45, 2.75) is 29.6 Å². The van der Waals surface area contributed by atoms with Crippen molar-refractivity contribution in [1.29, 1.82) is 0 Å². The molecule has 3 aromatic rings. The first kappa shape index (κ1) is 17.3. The molecule has 3 heterocycles. The maximum Gasteiger partial charge on any atom is 0.189 e. The first-order valence-electron chi connectivity index (χ1n) is 8.59. The Hall–Kier alpha value is -1.08. The highest BCUT2D eigenvalue weighted by atomic mass is 32.2. The van der Waals surface area contributed by atoms with Crippen molar-refractivity contribution < 1.29 is 4.90 Å². The minimum Gasteiger partial charge on any atom is -0.333 e. The van der Waals surface area contributed by atoms with E-state index in [1.165, 1.54) is 37.8 Å². The molecular weight excluding hydrogens is 366 g/mol. The predicted octanol–water partition coefficient (Wildman–Crippen LogP) is 3.32. The molecule has 0 saturated carbocycles. The van der Waals surface area contributed by atoms with E-state index >= 15 is 0 Å². The highest BCUT2D eigenvalue weighted by molar-refractivity contribution is 7.99. The van der Waals surface area contributed by atoms with Gasteiger partial charge in [-0.3, -0.25) is 0 Å². The van der Waals surface area contributed by atoms with Gasteiger partial charge in [-0.2, -0.15) is 0 Å². The van der Waals surface area contributed by atoms with Crippen LogP contribution in [0.4, 0.5) is 0 Å². The molecule has 2 aromatic heterocycles. The number of hydrogen-bond acceptors (Lipinski definition) is 5. The van der Waals surface area contributed by atoms with Gasteiger partial charge < -0.3 is 4.90 Å². The molecule has 0 saturated heterocycles. The second-order valence-corrected chi connectivity index (χ2v) is 9.36. The summed E-state index contributed by atoms with van der Waals surface area (Å²) in [5, 5.41) is 3.42. The number of aromatic nitrogens is 2. The van der Waals surface area contributed by atoms with E-state index in [1.54, 1.807) is 16.7 Å². The van der Waals surface area contributed by atoms with Crippen molar-refractivity contribution in [3.8, 4) is 0 Å². The smallest absolute Gasteiger partial charge is 0.189 e. The topological polar surface area (TPSA) is 30.2 Å². The minimum atomic E-state index is 0.897. The number of benzene rings is 1. The molecule has 0 aliphatic carbocycles. The van der Waals surface area contributed by atoms with Gasteiger partial charge in [0.05, 0.1) is 18.5 Å². The van der Waals surface area contributed by atoms with E-state index < -0.39 is 0 Å². The number of thiophene rings is 1. The summed E-state index contributed by atoms with van der Waals surface area (Å²) in [6.07, 6.45) is 4.28. The summed E-state index contributed by atoms with van der Waals surface area (Å²) in [7, 11) is 2.28. The van der Waals surface area contributed by atoms with Crippen LogP contribution >= 0.6 is 34.9 Å². The molecule has 3 nitrogen and oxygen atoms in total. The van der Waals surface area contributed by atoms with Crippen LogP contribution in [0.3, 0.4) is 0 Å². The molecule has 0 amide bonds. The number of fused-ring (bicyclic) bond motifs is 3. The van der Waals surface area contributed by atoms with Gasteiger partial charge >= 0.3 is 0 Å². The number of thioether (sulfide) groups is 2. The summed E-state index contributed by atoms with van der Waals surface area (Å²) in [6, 6.07) is 10.7. The van der Waals surface area contributed by atoms with Gasteiger partial charge in [-0.05, 0) is 23.8 Å². The molecule has 130 valence electrons. The van der Waals surface area contributed by atoms with Gasteiger partial charge in [0, 0.05) is 17.6 Å². The van der Waals surface area contributed by atoms with Crippen molar-refractivity contribution in [2.24, 2.45) is 0 Å². The molecular formula is C19H22N3S3+. The Labute approximate surface area is 161 Å². The zero-order chi connectivity index (χ0) is 17.2. The SMILES string of the molecule is CSc1nc(SCCc2ccccc2)c2c3c(sc2n1)C[NH+](C)CC3. The fraction of sp³-hybridized carbons (Fsp3) is 0.368. The monoisotopic (exact) mass is 388 g/mol. The molecule has 1 N–H and O–H groups in total. The Morgan fingerprint density at radius 2 is 2.04 bits per heavy atom. The Bertz CT molecular complexity index is 877. The van der Waals surface area contributed by atoms with Gasteiger partial charge in [0.15, 0.2) is 5.16 Å². The Morgan fingerprint density at radius 1 is 1.20 bits per heavy atom. The zero-order valence-corrected chi connectivity index (χ0v) is 17.0. The summed E-state index contributed by atoms with van der Waals surface area (Å²) in [5.41, 5.74) is 2.91. The van der Waals surface area contributed by atoms with Gasteiger partial charge in [0.25, 0.3) is 0 Å². The molecule has 1 aromatic carbocycles. The lowest BCUT2D eigenvalue weighted by Gasteiger charge is -2.19. The third-order valence-corrected chi connectivity index (χ3v) is 7.25. The molecule has 0 fully saturated rings. The van der Waals surface area contributed by atoms with Crippen LogP contribution in [0.15, 0.2) is 40.5 Å². The quantitative estimate of drug-likeness (QED) is 0.413. The molecule has 0 spiro atoms. The number of aryl methyl sites for hydroxylation is 1. The minimum absolute atomic E-state index is 0.897. The number of quaternary nitrogens is 1. The van der Waals surface area contributed by atoms with Crippen LogP contribution in [-0.4, -0.2) is 35.6 Å². The molecule has 0 bridgehead atoms. The first-order chi connectivity index (χ1) is 12.2. The normalized spacial score (nSPS) is 17.0. The van der Waals surface area contributed by atoms with E-state index in [-0.39, 0.29) is 0 Å². The standard InChI is InChI=1S/C19H21N3S3/c1-22-10-8-14-15(12-22)25-18-16(14)17(20-19(21-18)23-2)24-11-9-13-6-4-3-5-7-13/h3-7H,8-12H2,1-2H3/p+1. The average molecular weight is 389 g/mol. The van der Waals surface area contributed by atoms with Crippen molar-refractivity contribution in [2.75, 3.05) is 25.6 Å². The van der Waals surface area contributed by atoms with E-state index in [0.29, 0.717) is 0 Å². The summed E-state index contributed by atoms with van der Waals surface area (Å²) in [5.74, 6) is 1.06. The van der Waals surface area contributed by atoms with E-state index in [2.05, 4.69) is 43.6 Å². The Kier molecular flexibility index (Phi) is 5.31. The second kappa shape index (κ2) is 7.66. The van der Waals surface area contributed by atoms with Crippen molar-refractivity contribution in [1.82, 2.24) is 9.97 Å². The second-order valence-electron chi connectivity index (χ2n) is 6.42. The van der Waals surface area contributed by atoms with Crippen LogP contribution in [0.5, 0.6) is 0 Å². The average Bonchev–Trinajstić information content (AvgIpc) is 2.99. The summed E-state index contributed by atoms with van der Waals surface area (Å²) in [6.45, 7) is 2.33. The summed E-state index contributed by atoms with van der Waals surface area (Å²) < 4.78 is 0. The number of rotatable bonds is 5. The fourth-order valence-electron chi connectivity index (χ4n) is 3.27. The Balaban J connectivity index is 1.64. The van der Waals surface area contributed by atoms with Crippen molar-refractivity contribution in [3.05, 3.63) is 46.3 Å². The Morgan fingerprint density at radius 3 is 2.84 bits per heavy atom. The number of nitrogens with zero attached hydrogens (tertiary/aromatic N) is 2. The van der Waals surface area contributed by atoms with Crippen LogP contribution in [0.1, 0.15) is 16.0 Å². The molecule has 4 rings (SSSR count). The van der Waals surface area contributed by atoms with Gasteiger partial charge in [-0.1, -0.05) is 42.1 Å². The van der Waals surface area contributed by atoms with E-state index in [0.717, 1.165) is 30.3 Å². The van der Waals surface area contributed by atoms with Gasteiger partial charge in [-0.15, -0.1) is 23.1 Å². The lowest BCUT2D eigenvalue weighted by atomic mass is 10.1. The highest BCUT2D eigenvalue weighted by Gasteiger charge is 2.25. The molecule has 1 aliphatic rings. The highest BCUT2D eigenvalue weighted by Crippen LogP contribution is 2.38. The van der Waals surface area contributed by atoms with Crippen LogP contribution < -0.4 is 4.90 Å². The lowest BCUT2D eigenvalue weighted by molar-refractivity contribution is -0.895. The maximum absolute atomic E-state index is 4.86. The van der Waals surface area contributed by atoms with E-state index in [1.807, 2.05) is 23.1 Å². The maximum atomic E-state index is 4.86. The molecule has 1 unspecified atom stereocenters. The molecule has 1 atom stereocenters. The molecule has 0 radical (unpaired) electrons. The third kappa shape index (κ3) is 3.72. The predicted molar refractivity (Wildman–Crippen MR) is 109 cm³/mol. The van der Waals surface area contributed by atoms with Crippen molar-refractivity contribution in [3.63, 3.8) is 0 Å². The lowest BCUT2D eigenvalue weighted by Crippen LogP contribution is -3.08. The molecule has 1 aliphatic heterocycles. The van der Waals surface area contributed by atoms with Crippen molar-refractivity contribution >= 4 is 45.1 Å². The van der Waals surface area contributed by atoms with Gasteiger partial charge in [-0.25, -0.2) is 9.97 Å². The van der Waals surface area contributed by atoms with Crippen LogP contribution in [0.25, 0.3) is 10.2 Å². The number of likely N-dealkylation sites (N-methyl/N-ethyl adjacent to an activating group) is 1. The van der Waals surface area contributed by atoms with Crippen LogP contribution in [0.2, 0.25) is 0 Å². The van der Waals surface area contributed by atoms with Gasteiger partial charge in [0.1, 0.15) is 16.4 Å². The molecule has 6 heteroatoms. The summed E-state index contributed by atoms with van der Waals surface area (Å²) >= 11 is 5.41. The number of hydrogen-bond donors (Lipinski definition) is 1. The fourth-order valence-corrected chi connectivity index (χ4v) is 6.19. The first-order valence-corrected chi connectivity index (χ1v) is 11.6. The van der Waals surface area contributed by atoms with Gasteiger partial charge in [0.2, 0.25) is 0 Å². The largest absolute Gasteiger partial charge is 0.333 e. The zero-order valence-electron chi connectivity index (χ0n) is 14.5. The molecule has 25 heavy (non-hydrogen) atoms. The van der Waals surface area contributed by atoms with Crippen LogP contribution in [-0.2, 0) is 19.4 Å². The third-order valence-electron chi connectivity index (χ3n) is 4.60. The van der Waals surface area contributed by atoms with Crippen LogP contribution in [0, 0.1) is 0 Å².